The maximum absolute atomic E-state index is 11.8. The van der Waals surface area contributed by atoms with Gasteiger partial charge in [0.05, 0.1) is 17.1 Å². The van der Waals surface area contributed by atoms with Gasteiger partial charge in [-0.05, 0) is 18.9 Å². The van der Waals surface area contributed by atoms with Gasteiger partial charge in [-0.25, -0.2) is 4.98 Å². The highest BCUT2D eigenvalue weighted by Gasteiger charge is 2.19. The van der Waals surface area contributed by atoms with Crippen LogP contribution < -0.4 is 5.56 Å². The van der Waals surface area contributed by atoms with E-state index in [0.29, 0.717) is 16.8 Å². The normalized spacial score (nSPS) is 17.0. The minimum absolute atomic E-state index is 0.0469. The van der Waals surface area contributed by atoms with Crippen LogP contribution in [0, 0.1) is 0 Å². The summed E-state index contributed by atoms with van der Waals surface area (Å²) >= 11 is 0. The van der Waals surface area contributed by atoms with Crippen LogP contribution in [0.5, 0.6) is 0 Å². The lowest BCUT2D eigenvalue weighted by atomic mass is 10.1. The summed E-state index contributed by atoms with van der Waals surface area (Å²) in [6.45, 7) is 0. The van der Waals surface area contributed by atoms with E-state index in [0.717, 1.165) is 18.7 Å². The zero-order valence-corrected chi connectivity index (χ0v) is 8.94. The van der Waals surface area contributed by atoms with E-state index in [4.69, 9.17) is 0 Å². The fraction of sp³-hybridized carbons (Fsp3) is 0.417. The molecule has 1 fully saturated rings. The summed E-state index contributed by atoms with van der Waals surface area (Å²) in [6.07, 6.45) is 8.01. The van der Waals surface area contributed by atoms with E-state index >= 15 is 0 Å². The number of aromatic nitrogens is 3. The highest BCUT2D eigenvalue weighted by Crippen LogP contribution is 2.31. The summed E-state index contributed by atoms with van der Waals surface area (Å²) in [6, 6.07) is 1.71. The molecule has 0 spiro atoms. The minimum atomic E-state index is -0.0469. The summed E-state index contributed by atoms with van der Waals surface area (Å²) in [7, 11) is 0. The smallest absolute Gasteiger partial charge is 0.258 e. The summed E-state index contributed by atoms with van der Waals surface area (Å²) in [5.41, 5.74) is 0.655. The molecular formula is C12H13N3O. The molecule has 0 atom stereocenters. The van der Waals surface area contributed by atoms with Crippen LogP contribution in [0.3, 0.4) is 0 Å². The van der Waals surface area contributed by atoms with Gasteiger partial charge >= 0.3 is 0 Å². The molecule has 2 aromatic heterocycles. The van der Waals surface area contributed by atoms with Crippen molar-refractivity contribution in [3.8, 4) is 0 Å². The molecule has 1 aliphatic carbocycles. The monoisotopic (exact) mass is 215 g/mol. The average molecular weight is 215 g/mol. The molecular weight excluding hydrogens is 202 g/mol. The second-order valence-corrected chi connectivity index (χ2v) is 4.33. The van der Waals surface area contributed by atoms with Crippen molar-refractivity contribution in [1.82, 2.24) is 15.0 Å². The van der Waals surface area contributed by atoms with E-state index in [9.17, 15) is 4.79 Å². The molecule has 0 amide bonds. The number of nitrogens with zero attached hydrogens (tertiary/aromatic N) is 2. The largest absolute Gasteiger partial charge is 0.310 e. The van der Waals surface area contributed by atoms with Gasteiger partial charge in [-0.3, -0.25) is 9.78 Å². The SMILES string of the molecule is O=c1[nH]c(C2CCCC2)nc2cnccc12. The molecule has 2 aromatic rings. The van der Waals surface area contributed by atoms with Gasteiger partial charge in [0.25, 0.3) is 5.56 Å². The van der Waals surface area contributed by atoms with Crippen LogP contribution in [0.15, 0.2) is 23.3 Å². The second kappa shape index (κ2) is 3.70. The summed E-state index contributed by atoms with van der Waals surface area (Å²) in [4.78, 5) is 23.2. The highest BCUT2D eigenvalue weighted by molar-refractivity contribution is 5.75. The molecule has 0 bridgehead atoms. The first-order valence-electron chi connectivity index (χ1n) is 5.68. The van der Waals surface area contributed by atoms with Crippen molar-refractivity contribution >= 4 is 10.9 Å². The molecule has 0 saturated heterocycles. The third-order valence-corrected chi connectivity index (χ3v) is 3.27. The lowest BCUT2D eigenvalue weighted by Crippen LogP contribution is -2.13. The zero-order valence-electron chi connectivity index (χ0n) is 8.94. The first-order valence-corrected chi connectivity index (χ1v) is 5.68. The molecule has 2 heterocycles. The molecule has 82 valence electrons. The Bertz CT molecular complexity index is 570. The Hall–Kier alpha value is -1.71. The standard InChI is InChI=1S/C12H13N3O/c16-12-9-5-6-13-7-10(9)14-11(15-12)8-3-1-2-4-8/h5-8H,1-4H2,(H,14,15,16). The van der Waals surface area contributed by atoms with Gasteiger partial charge in [-0.2, -0.15) is 0 Å². The predicted octanol–water partition coefficient (Wildman–Crippen LogP) is 1.98. The van der Waals surface area contributed by atoms with E-state index < -0.39 is 0 Å². The van der Waals surface area contributed by atoms with Crippen LogP contribution >= 0.6 is 0 Å². The Labute approximate surface area is 92.8 Å². The van der Waals surface area contributed by atoms with Crippen molar-refractivity contribution < 1.29 is 0 Å². The number of hydrogen-bond acceptors (Lipinski definition) is 3. The number of hydrogen-bond donors (Lipinski definition) is 1. The summed E-state index contributed by atoms with van der Waals surface area (Å²) < 4.78 is 0. The van der Waals surface area contributed by atoms with Crippen LogP contribution in [-0.4, -0.2) is 15.0 Å². The first kappa shape index (κ1) is 9.51. The zero-order chi connectivity index (χ0) is 11.0. The van der Waals surface area contributed by atoms with E-state index in [1.807, 2.05) is 0 Å². The Kier molecular flexibility index (Phi) is 2.20. The number of pyridine rings is 1. The minimum Gasteiger partial charge on any atom is -0.310 e. The van der Waals surface area contributed by atoms with E-state index in [1.165, 1.54) is 12.8 Å². The maximum Gasteiger partial charge on any atom is 0.258 e. The van der Waals surface area contributed by atoms with Crippen molar-refractivity contribution in [1.29, 1.82) is 0 Å². The van der Waals surface area contributed by atoms with Crippen LogP contribution in [0.2, 0.25) is 0 Å². The van der Waals surface area contributed by atoms with Crippen molar-refractivity contribution in [3.05, 3.63) is 34.6 Å². The predicted molar refractivity (Wildman–Crippen MR) is 61.4 cm³/mol. The number of aromatic amines is 1. The maximum atomic E-state index is 11.8. The number of fused-ring (bicyclic) bond motifs is 1. The Morgan fingerprint density at radius 3 is 2.94 bits per heavy atom. The van der Waals surface area contributed by atoms with Crippen molar-refractivity contribution in [2.45, 2.75) is 31.6 Å². The van der Waals surface area contributed by atoms with Crippen molar-refractivity contribution in [2.75, 3.05) is 0 Å². The second-order valence-electron chi connectivity index (χ2n) is 4.33. The van der Waals surface area contributed by atoms with Crippen LogP contribution in [0.4, 0.5) is 0 Å². The number of rotatable bonds is 1. The van der Waals surface area contributed by atoms with Gasteiger partial charge in [0.2, 0.25) is 0 Å². The fourth-order valence-electron chi connectivity index (χ4n) is 2.40. The molecule has 4 nitrogen and oxygen atoms in total. The summed E-state index contributed by atoms with van der Waals surface area (Å²) in [5, 5.41) is 0.622. The molecule has 0 aromatic carbocycles. The van der Waals surface area contributed by atoms with Crippen molar-refractivity contribution in [2.24, 2.45) is 0 Å². The fourth-order valence-corrected chi connectivity index (χ4v) is 2.40. The van der Waals surface area contributed by atoms with E-state index in [1.54, 1.807) is 18.5 Å². The third kappa shape index (κ3) is 1.50. The number of nitrogens with one attached hydrogen (secondary N) is 1. The molecule has 0 aliphatic heterocycles. The quantitative estimate of drug-likeness (QED) is 0.791. The van der Waals surface area contributed by atoms with Crippen LogP contribution in [0.1, 0.15) is 37.4 Å². The molecule has 16 heavy (non-hydrogen) atoms. The molecule has 4 heteroatoms. The lowest BCUT2D eigenvalue weighted by Gasteiger charge is -2.08. The molecule has 3 rings (SSSR count). The van der Waals surface area contributed by atoms with Gasteiger partial charge in [0, 0.05) is 12.1 Å². The molecule has 1 saturated carbocycles. The topological polar surface area (TPSA) is 58.6 Å². The van der Waals surface area contributed by atoms with E-state index in [-0.39, 0.29) is 5.56 Å². The Balaban J connectivity index is 2.17. The molecule has 1 aliphatic rings. The number of H-pyrrole nitrogens is 1. The van der Waals surface area contributed by atoms with Crippen LogP contribution in [0.25, 0.3) is 10.9 Å². The lowest BCUT2D eigenvalue weighted by molar-refractivity contribution is 0.669. The van der Waals surface area contributed by atoms with Gasteiger partial charge in [-0.1, -0.05) is 12.8 Å². The molecule has 0 unspecified atom stereocenters. The third-order valence-electron chi connectivity index (χ3n) is 3.27. The van der Waals surface area contributed by atoms with Gasteiger partial charge in [-0.15, -0.1) is 0 Å². The Morgan fingerprint density at radius 2 is 2.12 bits per heavy atom. The molecule has 0 radical (unpaired) electrons. The Morgan fingerprint density at radius 1 is 1.31 bits per heavy atom. The van der Waals surface area contributed by atoms with E-state index in [2.05, 4.69) is 15.0 Å². The highest BCUT2D eigenvalue weighted by atomic mass is 16.1. The average Bonchev–Trinajstić information content (AvgIpc) is 2.82. The van der Waals surface area contributed by atoms with Gasteiger partial charge in [0.1, 0.15) is 5.82 Å². The molecule has 1 N–H and O–H groups in total. The van der Waals surface area contributed by atoms with Gasteiger partial charge < -0.3 is 4.98 Å². The van der Waals surface area contributed by atoms with Gasteiger partial charge in [0.15, 0.2) is 0 Å². The summed E-state index contributed by atoms with van der Waals surface area (Å²) in [5.74, 6) is 1.26. The van der Waals surface area contributed by atoms with Crippen molar-refractivity contribution in [3.63, 3.8) is 0 Å². The van der Waals surface area contributed by atoms with Crippen LogP contribution in [-0.2, 0) is 0 Å². The first-order chi connectivity index (χ1) is 7.84.